The SMILES string of the molecule is N/N=C(\c1ccc(O)cc1)c1cc(Cl)nc(-c2ccccc2)n1. The molecule has 0 saturated carbocycles. The molecule has 0 fully saturated rings. The zero-order chi connectivity index (χ0) is 16.2. The van der Waals surface area contributed by atoms with Crippen molar-refractivity contribution in [2.24, 2.45) is 10.9 Å². The molecule has 0 saturated heterocycles. The van der Waals surface area contributed by atoms with Crippen LogP contribution in [0.1, 0.15) is 11.3 Å². The maximum absolute atomic E-state index is 9.40. The number of hydrogen-bond donors (Lipinski definition) is 2. The van der Waals surface area contributed by atoms with E-state index in [1.54, 1.807) is 30.3 Å². The fraction of sp³-hybridized carbons (Fsp3) is 0. The Labute approximate surface area is 138 Å². The maximum Gasteiger partial charge on any atom is 0.161 e. The van der Waals surface area contributed by atoms with Gasteiger partial charge in [0.15, 0.2) is 5.82 Å². The largest absolute Gasteiger partial charge is 0.508 e. The van der Waals surface area contributed by atoms with E-state index in [2.05, 4.69) is 15.1 Å². The minimum atomic E-state index is 0.163. The first-order valence-corrected chi connectivity index (χ1v) is 7.23. The molecule has 0 amide bonds. The summed E-state index contributed by atoms with van der Waals surface area (Å²) in [5.41, 5.74) is 2.54. The Hall–Kier alpha value is -2.92. The Balaban J connectivity index is 2.08. The monoisotopic (exact) mass is 324 g/mol. The predicted octanol–water partition coefficient (Wildman–Crippen LogP) is 3.21. The summed E-state index contributed by atoms with van der Waals surface area (Å²) in [6.07, 6.45) is 0. The third-order valence-electron chi connectivity index (χ3n) is 3.24. The van der Waals surface area contributed by atoms with Crippen LogP contribution in [0.4, 0.5) is 0 Å². The van der Waals surface area contributed by atoms with E-state index in [1.807, 2.05) is 30.3 Å². The number of aromatic nitrogens is 2. The van der Waals surface area contributed by atoms with E-state index in [9.17, 15) is 5.11 Å². The van der Waals surface area contributed by atoms with Gasteiger partial charge in [-0.25, -0.2) is 9.97 Å². The van der Waals surface area contributed by atoms with Gasteiger partial charge < -0.3 is 10.9 Å². The first-order valence-electron chi connectivity index (χ1n) is 6.85. The molecule has 0 aliphatic heterocycles. The number of nitrogens with zero attached hydrogens (tertiary/aromatic N) is 3. The highest BCUT2D eigenvalue weighted by Gasteiger charge is 2.13. The van der Waals surface area contributed by atoms with Crippen LogP contribution in [-0.4, -0.2) is 20.8 Å². The third-order valence-corrected chi connectivity index (χ3v) is 3.43. The second-order valence-corrected chi connectivity index (χ2v) is 5.18. The lowest BCUT2D eigenvalue weighted by Crippen LogP contribution is -2.10. The molecule has 5 nitrogen and oxygen atoms in total. The molecule has 1 heterocycles. The fourth-order valence-electron chi connectivity index (χ4n) is 2.16. The normalized spacial score (nSPS) is 11.4. The minimum Gasteiger partial charge on any atom is -0.508 e. The first kappa shape index (κ1) is 15.0. The van der Waals surface area contributed by atoms with E-state index >= 15 is 0 Å². The van der Waals surface area contributed by atoms with Gasteiger partial charge in [0.25, 0.3) is 0 Å². The number of aromatic hydroxyl groups is 1. The summed E-state index contributed by atoms with van der Waals surface area (Å²) in [7, 11) is 0. The summed E-state index contributed by atoms with van der Waals surface area (Å²) < 4.78 is 0. The molecule has 0 aliphatic carbocycles. The van der Waals surface area contributed by atoms with Crippen LogP contribution >= 0.6 is 11.6 Å². The van der Waals surface area contributed by atoms with Gasteiger partial charge in [-0.15, -0.1) is 0 Å². The van der Waals surface area contributed by atoms with Crippen LogP contribution in [0, 0.1) is 0 Å². The summed E-state index contributed by atoms with van der Waals surface area (Å²) in [6.45, 7) is 0. The van der Waals surface area contributed by atoms with Crippen LogP contribution in [0.3, 0.4) is 0 Å². The van der Waals surface area contributed by atoms with Crippen molar-refractivity contribution in [3.05, 3.63) is 77.1 Å². The van der Waals surface area contributed by atoms with Crippen LogP contribution in [0.25, 0.3) is 11.4 Å². The summed E-state index contributed by atoms with van der Waals surface area (Å²) in [5.74, 6) is 6.19. The van der Waals surface area contributed by atoms with Crippen LogP contribution in [0.5, 0.6) is 5.75 Å². The van der Waals surface area contributed by atoms with Crippen molar-refractivity contribution in [2.75, 3.05) is 0 Å². The van der Waals surface area contributed by atoms with Gasteiger partial charge in [0.1, 0.15) is 16.6 Å². The Morgan fingerprint density at radius 2 is 1.70 bits per heavy atom. The van der Waals surface area contributed by atoms with Crippen molar-refractivity contribution < 1.29 is 5.11 Å². The summed E-state index contributed by atoms with van der Waals surface area (Å²) in [4.78, 5) is 8.75. The Kier molecular flexibility index (Phi) is 4.21. The number of phenolic OH excluding ortho intramolecular Hbond substituents is 1. The lowest BCUT2D eigenvalue weighted by Gasteiger charge is -2.08. The fourth-order valence-corrected chi connectivity index (χ4v) is 2.35. The average Bonchev–Trinajstić information content (AvgIpc) is 2.58. The van der Waals surface area contributed by atoms with Crippen molar-refractivity contribution in [1.29, 1.82) is 0 Å². The molecule has 0 aliphatic rings. The van der Waals surface area contributed by atoms with Crippen molar-refractivity contribution >= 4 is 17.3 Å². The quantitative estimate of drug-likeness (QED) is 0.335. The Morgan fingerprint density at radius 3 is 2.35 bits per heavy atom. The lowest BCUT2D eigenvalue weighted by molar-refractivity contribution is 0.475. The minimum absolute atomic E-state index is 0.163. The topological polar surface area (TPSA) is 84.4 Å². The number of hydrogen-bond acceptors (Lipinski definition) is 5. The van der Waals surface area contributed by atoms with Gasteiger partial charge in [0, 0.05) is 17.2 Å². The van der Waals surface area contributed by atoms with Gasteiger partial charge in [-0.05, 0) is 24.3 Å². The van der Waals surface area contributed by atoms with E-state index in [-0.39, 0.29) is 5.75 Å². The van der Waals surface area contributed by atoms with E-state index in [0.717, 1.165) is 11.1 Å². The molecule has 1 aromatic heterocycles. The van der Waals surface area contributed by atoms with E-state index in [1.165, 1.54) is 0 Å². The molecule has 3 N–H and O–H groups in total. The standard InChI is InChI=1S/C17H13ClN4O/c18-15-10-14(16(22-19)11-6-8-13(23)9-7-11)20-17(21-15)12-4-2-1-3-5-12/h1-10,23H,19H2/b22-16+. The molecule has 6 heteroatoms. The number of hydrazone groups is 1. The third kappa shape index (κ3) is 3.30. The zero-order valence-corrected chi connectivity index (χ0v) is 12.8. The van der Waals surface area contributed by atoms with Crippen molar-refractivity contribution in [3.8, 4) is 17.1 Å². The van der Waals surface area contributed by atoms with Crippen LogP contribution in [-0.2, 0) is 0 Å². The molecule has 0 unspecified atom stereocenters. The van der Waals surface area contributed by atoms with Gasteiger partial charge in [-0.3, -0.25) is 0 Å². The molecule has 3 aromatic rings. The predicted molar refractivity (Wildman–Crippen MR) is 90.4 cm³/mol. The molecule has 0 radical (unpaired) electrons. The molecule has 23 heavy (non-hydrogen) atoms. The maximum atomic E-state index is 9.40. The Bertz CT molecular complexity index is 848. The van der Waals surface area contributed by atoms with Gasteiger partial charge in [0.05, 0.1) is 5.69 Å². The van der Waals surface area contributed by atoms with E-state index < -0.39 is 0 Å². The number of halogens is 1. The van der Waals surface area contributed by atoms with Gasteiger partial charge in [0.2, 0.25) is 0 Å². The highest BCUT2D eigenvalue weighted by Crippen LogP contribution is 2.20. The number of phenols is 1. The summed E-state index contributed by atoms with van der Waals surface area (Å²) in [5, 5.41) is 13.5. The second kappa shape index (κ2) is 6.46. The molecular formula is C17H13ClN4O. The number of benzene rings is 2. The van der Waals surface area contributed by atoms with E-state index in [0.29, 0.717) is 22.4 Å². The van der Waals surface area contributed by atoms with Crippen molar-refractivity contribution in [1.82, 2.24) is 9.97 Å². The molecule has 114 valence electrons. The average molecular weight is 325 g/mol. The lowest BCUT2D eigenvalue weighted by atomic mass is 10.1. The van der Waals surface area contributed by atoms with Crippen LogP contribution in [0.2, 0.25) is 5.15 Å². The van der Waals surface area contributed by atoms with Crippen LogP contribution in [0.15, 0.2) is 65.8 Å². The second-order valence-electron chi connectivity index (χ2n) is 4.79. The van der Waals surface area contributed by atoms with Gasteiger partial charge in [-0.2, -0.15) is 5.10 Å². The number of rotatable bonds is 3. The van der Waals surface area contributed by atoms with E-state index in [4.69, 9.17) is 17.4 Å². The first-order chi connectivity index (χ1) is 11.2. The molecule has 0 spiro atoms. The van der Waals surface area contributed by atoms with Gasteiger partial charge >= 0.3 is 0 Å². The molecule has 0 atom stereocenters. The molecule has 2 aromatic carbocycles. The number of nitrogens with two attached hydrogens (primary N) is 1. The van der Waals surface area contributed by atoms with Crippen LogP contribution < -0.4 is 5.84 Å². The molecular weight excluding hydrogens is 312 g/mol. The highest BCUT2D eigenvalue weighted by molar-refractivity contribution is 6.30. The summed E-state index contributed by atoms with van der Waals surface area (Å²) >= 11 is 6.13. The molecule has 0 bridgehead atoms. The highest BCUT2D eigenvalue weighted by atomic mass is 35.5. The van der Waals surface area contributed by atoms with Gasteiger partial charge in [-0.1, -0.05) is 41.9 Å². The Morgan fingerprint density at radius 1 is 1.00 bits per heavy atom. The smallest absolute Gasteiger partial charge is 0.161 e. The van der Waals surface area contributed by atoms with Crippen molar-refractivity contribution in [3.63, 3.8) is 0 Å². The zero-order valence-electron chi connectivity index (χ0n) is 12.0. The van der Waals surface area contributed by atoms with Crippen molar-refractivity contribution in [2.45, 2.75) is 0 Å². The summed E-state index contributed by atoms with van der Waals surface area (Å²) in [6, 6.07) is 17.6. The molecule has 3 rings (SSSR count).